The van der Waals surface area contributed by atoms with E-state index in [0.29, 0.717) is 25.1 Å². The highest BCUT2D eigenvalue weighted by Gasteiger charge is 2.32. The molecule has 0 radical (unpaired) electrons. The third-order valence-corrected chi connectivity index (χ3v) is 6.29. The molecule has 0 atom stereocenters. The number of halogens is 1. The molecule has 3 aromatic carbocycles. The molecule has 1 heterocycles. The molecule has 0 aromatic heterocycles. The summed E-state index contributed by atoms with van der Waals surface area (Å²) in [5, 5.41) is 0. The fourth-order valence-corrected chi connectivity index (χ4v) is 4.90. The van der Waals surface area contributed by atoms with Gasteiger partial charge in [0.15, 0.2) is 0 Å². The van der Waals surface area contributed by atoms with Crippen LogP contribution in [0.1, 0.15) is 38.2 Å². The van der Waals surface area contributed by atoms with Crippen molar-refractivity contribution in [2.24, 2.45) is 5.73 Å². The van der Waals surface area contributed by atoms with Crippen molar-refractivity contribution in [2.75, 3.05) is 0 Å². The molecule has 31 heavy (non-hydrogen) atoms. The lowest BCUT2D eigenvalue weighted by Gasteiger charge is -2.17. The highest BCUT2D eigenvalue weighted by molar-refractivity contribution is 6.02. The molecule has 1 aliphatic carbocycles. The number of carbonyl (C=O) groups excluding carboxylic acids is 2. The lowest BCUT2D eigenvalue weighted by molar-refractivity contribution is -0.126. The van der Waals surface area contributed by atoms with E-state index in [1.165, 1.54) is 12.1 Å². The van der Waals surface area contributed by atoms with Gasteiger partial charge in [0.25, 0.3) is 0 Å². The van der Waals surface area contributed by atoms with Gasteiger partial charge in [-0.15, -0.1) is 0 Å². The van der Waals surface area contributed by atoms with Crippen LogP contribution in [0.3, 0.4) is 0 Å². The molecule has 0 saturated carbocycles. The predicted molar refractivity (Wildman–Crippen MR) is 118 cm³/mol. The molecule has 4 nitrogen and oxygen atoms in total. The third kappa shape index (κ3) is 2.88. The average Bonchev–Trinajstić information content (AvgIpc) is 3.34. The van der Waals surface area contributed by atoms with Crippen LogP contribution >= 0.6 is 0 Å². The maximum Gasteiger partial charge on any atom is 0.249 e. The van der Waals surface area contributed by atoms with Crippen molar-refractivity contribution >= 4 is 11.8 Å². The van der Waals surface area contributed by atoms with E-state index >= 15 is 4.39 Å². The second-order valence-electron chi connectivity index (χ2n) is 8.18. The van der Waals surface area contributed by atoms with Gasteiger partial charge in [0, 0.05) is 24.2 Å². The largest absolute Gasteiger partial charge is 0.366 e. The van der Waals surface area contributed by atoms with Gasteiger partial charge < -0.3 is 10.6 Å². The number of hydrogen-bond donors (Lipinski definition) is 1. The Kier molecular flexibility index (Phi) is 4.29. The fraction of sp³-hybridized carbons (Fsp3) is 0.154. The number of benzene rings is 3. The average molecular weight is 412 g/mol. The maximum atomic E-state index is 15.6. The summed E-state index contributed by atoms with van der Waals surface area (Å²) in [4.78, 5) is 26.0. The van der Waals surface area contributed by atoms with E-state index in [-0.39, 0.29) is 11.5 Å². The number of rotatable bonds is 3. The number of aryl methyl sites for hydroxylation is 1. The Hall–Kier alpha value is -3.73. The quantitative estimate of drug-likeness (QED) is 0.504. The molecule has 0 spiro atoms. The Balaban J connectivity index is 1.78. The molecule has 2 amide bonds. The van der Waals surface area contributed by atoms with Crippen LogP contribution < -0.4 is 5.73 Å². The van der Waals surface area contributed by atoms with Gasteiger partial charge in [-0.3, -0.25) is 9.59 Å². The molecular formula is C26H21FN2O2. The highest BCUT2D eigenvalue weighted by atomic mass is 19.1. The van der Waals surface area contributed by atoms with Crippen LogP contribution in [0.15, 0.2) is 55.1 Å². The van der Waals surface area contributed by atoms with Crippen LogP contribution in [0.2, 0.25) is 0 Å². The van der Waals surface area contributed by atoms with Crippen molar-refractivity contribution in [1.29, 1.82) is 0 Å². The molecule has 3 aromatic rings. The third-order valence-electron chi connectivity index (χ3n) is 6.29. The first kappa shape index (κ1) is 19.2. The maximum absolute atomic E-state index is 15.6. The summed E-state index contributed by atoms with van der Waals surface area (Å²) in [6, 6.07) is 13.0. The summed E-state index contributed by atoms with van der Waals surface area (Å²) in [7, 11) is 0. The summed E-state index contributed by atoms with van der Waals surface area (Å²) in [6.07, 6.45) is 1.83. The van der Waals surface area contributed by atoms with E-state index in [2.05, 4.69) is 12.6 Å². The van der Waals surface area contributed by atoms with Crippen molar-refractivity contribution in [3.8, 4) is 22.3 Å². The zero-order valence-electron chi connectivity index (χ0n) is 17.2. The zero-order chi connectivity index (χ0) is 21.9. The monoisotopic (exact) mass is 412 g/mol. The van der Waals surface area contributed by atoms with E-state index < -0.39 is 11.7 Å². The minimum absolute atomic E-state index is 0.155. The number of nitrogens with two attached hydrogens (primary N) is 1. The first-order valence-corrected chi connectivity index (χ1v) is 10.2. The SMILES string of the molecule is C=CC(=O)N1Cc2cccc(-c3c(F)cc(C(N)=O)c4c3-c3ccc(C)cc3C4)c2C1. The molecule has 2 aliphatic rings. The molecule has 154 valence electrons. The Labute approximate surface area is 179 Å². The van der Waals surface area contributed by atoms with Gasteiger partial charge in [0.1, 0.15) is 5.82 Å². The molecule has 0 unspecified atom stereocenters. The van der Waals surface area contributed by atoms with E-state index in [1.807, 2.05) is 37.3 Å². The first-order chi connectivity index (χ1) is 14.9. The molecule has 0 fully saturated rings. The number of carbonyl (C=O) groups is 2. The van der Waals surface area contributed by atoms with Crippen LogP contribution in [0.25, 0.3) is 22.3 Å². The van der Waals surface area contributed by atoms with Gasteiger partial charge in [-0.2, -0.15) is 0 Å². The Bertz CT molecular complexity index is 1310. The molecule has 0 bridgehead atoms. The number of nitrogens with zero attached hydrogens (tertiary/aromatic N) is 1. The number of fused-ring (bicyclic) bond motifs is 4. The predicted octanol–water partition coefficient (Wildman–Crippen LogP) is 4.50. The first-order valence-electron chi connectivity index (χ1n) is 10.2. The van der Waals surface area contributed by atoms with Crippen molar-refractivity contribution in [1.82, 2.24) is 4.90 Å². The van der Waals surface area contributed by atoms with Crippen LogP contribution in [0.4, 0.5) is 4.39 Å². The summed E-state index contributed by atoms with van der Waals surface area (Å²) in [6.45, 7) is 6.44. The van der Waals surface area contributed by atoms with Gasteiger partial charge in [0.05, 0.1) is 0 Å². The lowest BCUT2D eigenvalue weighted by Crippen LogP contribution is -2.22. The Morgan fingerprint density at radius 1 is 1.03 bits per heavy atom. The van der Waals surface area contributed by atoms with E-state index in [1.54, 1.807) is 4.90 Å². The van der Waals surface area contributed by atoms with Gasteiger partial charge in [-0.1, -0.05) is 48.5 Å². The molecule has 5 heteroatoms. The molecular weight excluding hydrogens is 391 g/mol. The Morgan fingerprint density at radius 2 is 1.84 bits per heavy atom. The molecule has 5 rings (SSSR count). The number of amides is 2. The van der Waals surface area contributed by atoms with Crippen LogP contribution in [0, 0.1) is 12.7 Å². The van der Waals surface area contributed by atoms with Crippen molar-refractivity contribution in [3.63, 3.8) is 0 Å². The highest BCUT2D eigenvalue weighted by Crippen LogP contribution is 2.47. The van der Waals surface area contributed by atoms with Crippen molar-refractivity contribution in [2.45, 2.75) is 26.4 Å². The number of primary amides is 1. The van der Waals surface area contributed by atoms with E-state index in [0.717, 1.165) is 44.5 Å². The van der Waals surface area contributed by atoms with Gasteiger partial charge >= 0.3 is 0 Å². The summed E-state index contributed by atoms with van der Waals surface area (Å²) in [5.74, 6) is -1.27. The summed E-state index contributed by atoms with van der Waals surface area (Å²) in [5.41, 5.74) is 13.5. The van der Waals surface area contributed by atoms with Crippen molar-refractivity contribution in [3.05, 3.63) is 94.3 Å². The lowest BCUT2D eigenvalue weighted by atomic mass is 9.87. The summed E-state index contributed by atoms with van der Waals surface area (Å²) < 4.78 is 15.6. The van der Waals surface area contributed by atoms with E-state index in [4.69, 9.17) is 5.73 Å². The smallest absolute Gasteiger partial charge is 0.249 e. The fourth-order valence-electron chi connectivity index (χ4n) is 4.90. The van der Waals surface area contributed by atoms with Gasteiger partial charge in [0.2, 0.25) is 11.8 Å². The molecule has 2 N–H and O–H groups in total. The molecule has 0 saturated heterocycles. The van der Waals surface area contributed by atoms with Crippen LogP contribution in [-0.2, 0) is 24.3 Å². The summed E-state index contributed by atoms with van der Waals surface area (Å²) >= 11 is 0. The second-order valence-corrected chi connectivity index (χ2v) is 8.18. The minimum Gasteiger partial charge on any atom is -0.366 e. The topological polar surface area (TPSA) is 63.4 Å². The number of hydrogen-bond acceptors (Lipinski definition) is 2. The van der Waals surface area contributed by atoms with Gasteiger partial charge in [-0.25, -0.2) is 4.39 Å². The Morgan fingerprint density at radius 3 is 2.58 bits per heavy atom. The van der Waals surface area contributed by atoms with Crippen LogP contribution in [-0.4, -0.2) is 16.7 Å². The van der Waals surface area contributed by atoms with E-state index in [9.17, 15) is 9.59 Å². The van der Waals surface area contributed by atoms with Crippen molar-refractivity contribution < 1.29 is 14.0 Å². The minimum atomic E-state index is -0.632. The normalized spacial score (nSPS) is 13.5. The standard InChI is InChI=1S/C26H21FN2O2/c1-3-23(30)29-12-15-5-4-6-18(21(15)13-29)25-22(27)11-20(26(28)31)19-10-16-9-14(2)7-8-17(16)24(19)25/h3-9,11H,1,10,12-13H2,2H3,(H2,28,31). The zero-order valence-corrected chi connectivity index (χ0v) is 17.2. The van der Waals surface area contributed by atoms with Crippen LogP contribution in [0.5, 0.6) is 0 Å². The molecule has 1 aliphatic heterocycles. The second kappa shape index (κ2) is 6.91. The van der Waals surface area contributed by atoms with Gasteiger partial charge in [-0.05, 0) is 64.4 Å².